The van der Waals surface area contributed by atoms with Gasteiger partial charge in [-0.05, 0) is 33.6 Å². The SMILES string of the molecule is CCCCn1cc(C)nc1NC(C)(C)CCC. The van der Waals surface area contributed by atoms with Crippen LogP contribution in [-0.4, -0.2) is 15.1 Å². The number of nitrogens with one attached hydrogen (secondary N) is 1. The van der Waals surface area contributed by atoms with Gasteiger partial charge in [0.05, 0.1) is 5.69 Å². The van der Waals surface area contributed by atoms with Gasteiger partial charge in [0, 0.05) is 18.3 Å². The maximum absolute atomic E-state index is 4.58. The van der Waals surface area contributed by atoms with Crippen molar-refractivity contribution in [3.63, 3.8) is 0 Å². The summed E-state index contributed by atoms with van der Waals surface area (Å²) in [6, 6.07) is 0. The van der Waals surface area contributed by atoms with E-state index in [1.807, 2.05) is 0 Å². The predicted octanol–water partition coefficient (Wildman–Crippen LogP) is 3.98. The highest BCUT2D eigenvalue weighted by Crippen LogP contribution is 2.19. The summed E-state index contributed by atoms with van der Waals surface area (Å²) < 4.78 is 2.25. The second-order valence-electron chi connectivity index (χ2n) is 5.51. The van der Waals surface area contributed by atoms with Crippen molar-refractivity contribution in [1.82, 2.24) is 9.55 Å². The largest absolute Gasteiger partial charge is 0.351 e. The molecule has 3 nitrogen and oxygen atoms in total. The maximum Gasteiger partial charge on any atom is 0.203 e. The van der Waals surface area contributed by atoms with Crippen molar-refractivity contribution in [2.24, 2.45) is 0 Å². The zero-order valence-electron chi connectivity index (χ0n) is 12.0. The number of aryl methyl sites for hydroxylation is 2. The molecule has 0 amide bonds. The van der Waals surface area contributed by atoms with Crippen molar-refractivity contribution in [2.45, 2.75) is 72.4 Å². The first-order chi connectivity index (χ1) is 7.98. The summed E-state index contributed by atoms with van der Waals surface area (Å²) in [5.41, 5.74) is 1.21. The minimum absolute atomic E-state index is 0.122. The first-order valence-corrected chi connectivity index (χ1v) is 6.80. The van der Waals surface area contributed by atoms with Gasteiger partial charge in [0.25, 0.3) is 0 Å². The van der Waals surface area contributed by atoms with E-state index in [0.29, 0.717) is 0 Å². The first-order valence-electron chi connectivity index (χ1n) is 6.80. The Morgan fingerprint density at radius 2 is 2.00 bits per heavy atom. The molecule has 98 valence electrons. The molecule has 0 aliphatic carbocycles. The summed E-state index contributed by atoms with van der Waals surface area (Å²) in [5, 5.41) is 3.57. The van der Waals surface area contributed by atoms with E-state index in [1.165, 1.54) is 19.3 Å². The molecule has 1 N–H and O–H groups in total. The van der Waals surface area contributed by atoms with E-state index in [-0.39, 0.29) is 5.54 Å². The second kappa shape index (κ2) is 6.08. The van der Waals surface area contributed by atoms with Crippen LogP contribution in [0, 0.1) is 6.92 Å². The van der Waals surface area contributed by atoms with E-state index in [9.17, 15) is 0 Å². The van der Waals surface area contributed by atoms with Crippen LogP contribution >= 0.6 is 0 Å². The fourth-order valence-corrected chi connectivity index (χ4v) is 2.14. The molecule has 1 aromatic heterocycles. The van der Waals surface area contributed by atoms with Gasteiger partial charge in [0.2, 0.25) is 5.95 Å². The van der Waals surface area contributed by atoms with E-state index < -0.39 is 0 Å². The molecular weight excluding hydrogens is 210 g/mol. The van der Waals surface area contributed by atoms with Crippen molar-refractivity contribution in [2.75, 3.05) is 5.32 Å². The van der Waals surface area contributed by atoms with Crippen molar-refractivity contribution in [1.29, 1.82) is 0 Å². The van der Waals surface area contributed by atoms with E-state index in [4.69, 9.17) is 0 Å². The van der Waals surface area contributed by atoms with Crippen LogP contribution in [0.2, 0.25) is 0 Å². The van der Waals surface area contributed by atoms with E-state index in [2.05, 4.69) is 55.7 Å². The van der Waals surface area contributed by atoms with Crippen LogP contribution in [0.4, 0.5) is 5.95 Å². The third kappa shape index (κ3) is 4.41. The Bertz CT molecular complexity index is 339. The Morgan fingerprint density at radius 1 is 1.29 bits per heavy atom. The zero-order chi connectivity index (χ0) is 12.9. The van der Waals surface area contributed by atoms with Crippen LogP contribution in [-0.2, 0) is 6.54 Å². The fraction of sp³-hybridized carbons (Fsp3) is 0.786. The fourth-order valence-electron chi connectivity index (χ4n) is 2.14. The Balaban J connectivity index is 2.75. The van der Waals surface area contributed by atoms with Crippen molar-refractivity contribution in [3.05, 3.63) is 11.9 Å². The number of rotatable bonds is 7. The molecule has 0 unspecified atom stereocenters. The topological polar surface area (TPSA) is 29.9 Å². The molecule has 0 aliphatic heterocycles. The van der Waals surface area contributed by atoms with E-state index >= 15 is 0 Å². The molecule has 0 saturated carbocycles. The van der Waals surface area contributed by atoms with Crippen LogP contribution in [0.15, 0.2) is 6.20 Å². The highest BCUT2D eigenvalue weighted by atomic mass is 15.2. The Labute approximate surface area is 106 Å². The molecule has 0 radical (unpaired) electrons. The standard InChI is InChI=1S/C14H27N3/c1-6-8-10-17-11-12(3)15-13(17)16-14(4,5)9-7-2/h11H,6-10H2,1-5H3,(H,15,16). The molecule has 0 bridgehead atoms. The van der Waals surface area contributed by atoms with Crippen LogP contribution in [0.25, 0.3) is 0 Å². The molecule has 0 spiro atoms. The number of unbranched alkanes of at least 4 members (excludes halogenated alkanes) is 1. The number of imidazole rings is 1. The molecule has 0 aromatic carbocycles. The second-order valence-corrected chi connectivity index (χ2v) is 5.51. The summed E-state index contributed by atoms with van der Waals surface area (Å²) in [4.78, 5) is 4.58. The molecule has 17 heavy (non-hydrogen) atoms. The number of nitrogens with zero attached hydrogens (tertiary/aromatic N) is 2. The van der Waals surface area contributed by atoms with Crippen molar-refractivity contribution < 1.29 is 0 Å². The number of hydrogen-bond acceptors (Lipinski definition) is 2. The summed E-state index contributed by atoms with van der Waals surface area (Å²) in [6.45, 7) is 12.0. The van der Waals surface area contributed by atoms with Gasteiger partial charge in [-0.3, -0.25) is 0 Å². The lowest BCUT2D eigenvalue weighted by Crippen LogP contribution is -2.32. The summed E-state index contributed by atoms with van der Waals surface area (Å²) in [7, 11) is 0. The molecule has 1 aromatic rings. The molecule has 0 fully saturated rings. The van der Waals surface area contributed by atoms with Crippen LogP contribution in [0.5, 0.6) is 0 Å². The third-order valence-electron chi connectivity index (χ3n) is 2.97. The monoisotopic (exact) mass is 237 g/mol. The van der Waals surface area contributed by atoms with Gasteiger partial charge in [-0.2, -0.15) is 0 Å². The van der Waals surface area contributed by atoms with Gasteiger partial charge >= 0.3 is 0 Å². The quantitative estimate of drug-likeness (QED) is 0.777. The van der Waals surface area contributed by atoms with Gasteiger partial charge in [0.15, 0.2) is 0 Å². The van der Waals surface area contributed by atoms with Gasteiger partial charge < -0.3 is 9.88 Å². The summed E-state index contributed by atoms with van der Waals surface area (Å²) in [6.07, 6.45) is 6.91. The molecular formula is C14H27N3. The highest BCUT2D eigenvalue weighted by Gasteiger charge is 2.18. The maximum atomic E-state index is 4.58. The van der Waals surface area contributed by atoms with Crippen LogP contribution in [0.3, 0.4) is 0 Å². The predicted molar refractivity (Wildman–Crippen MR) is 74.5 cm³/mol. The highest BCUT2D eigenvalue weighted by molar-refractivity contribution is 5.32. The number of hydrogen-bond donors (Lipinski definition) is 1. The molecule has 3 heteroatoms. The van der Waals surface area contributed by atoms with Crippen LogP contribution in [0.1, 0.15) is 59.1 Å². The molecule has 1 rings (SSSR count). The molecule has 0 aliphatic rings. The molecule has 0 saturated heterocycles. The minimum Gasteiger partial charge on any atom is -0.351 e. The van der Waals surface area contributed by atoms with E-state index in [0.717, 1.165) is 24.6 Å². The summed E-state index contributed by atoms with van der Waals surface area (Å²) in [5.74, 6) is 1.02. The van der Waals surface area contributed by atoms with Gasteiger partial charge in [0.1, 0.15) is 0 Å². The number of anilines is 1. The average molecular weight is 237 g/mol. The Hall–Kier alpha value is -0.990. The van der Waals surface area contributed by atoms with E-state index in [1.54, 1.807) is 0 Å². The lowest BCUT2D eigenvalue weighted by molar-refractivity contribution is 0.499. The third-order valence-corrected chi connectivity index (χ3v) is 2.97. The van der Waals surface area contributed by atoms with Crippen LogP contribution < -0.4 is 5.32 Å². The lowest BCUT2D eigenvalue weighted by atomic mass is 9.99. The molecule has 1 heterocycles. The lowest BCUT2D eigenvalue weighted by Gasteiger charge is -2.26. The average Bonchev–Trinajstić information content (AvgIpc) is 2.54. The van der Waals surface area contributed by atoms with Gasteiger partial charge in [-0.1, -0.05) is 26.7 Å². The van der Waals surface area contributed by atoms with Crippen molar-refractivity contribution >= 4 is 5.95 Å². The minimum atomic E-state index is 0.122. The van der Waals surface area contributed by atoms with Gasteiger partial charge in [-0.25, -0.2) is 4.98 Å². The van der Waals surface area contributed by atoms with Crippen molar-refractivity contribution in [3.8, 4) is 0 Å². The smallest absolute Gasteiger partial charge is 0.203 e. The Kier molecular flexibility index (Phi) is 5.03. The normalized spacial score (nSPS) is 11.8. The number of aromatic nitrogens is 2. The first kappa shape index (κ1) is 14.1. The Morgan fingerprint density at radius 3 is 2.59 bits per heavy atom. The summed E-state index contributed by atoms with van der Waals surface area (Å²) >= 11 is 0. The molecule has 0 atom stereocenters. The zero-order valence-corrected chi connectivity index (χ0v) is 12.0. The van der Waals surface area contributed by atoms with Gasteiger partial charge in [-0.15, -0.1) is 0 Å².